The molecule has 0 aromatic heterocycles. The predicted octanol–water partition coefficient (Wildman–Crippen LogP) is 2.14. The van der Waals surface area contributed by atoms with Crippen LogP contribution >= 0.6 is 11.6 Å². The second-order valence-electron chi connectivity index (χ2n) is 3.54. The lowest BCUT2D eigenvalue weighted by atomic mass is 10.1. The lowest BCUT2D eigenvalue weighted by molar-refractivity contribution is -0.135. The van der Waals surface area contributed by atoms with Crippen molar-refractivity contribution in [2.75, 3.05) is 12.4 Å². The molecular weight excluding hydrogens is 254 g/mol. The van der Waals surface area contributed by atoms with E-state index in [9.17, 15) is 9.59 Å². The van der Waals surface area contributed by atoms with Crippen molar-refractivity contribution in [3.63, 3.8) is 0 Å². The number of alkyl halides is 1. The highest BCUT2D eigenvalue weighted by Gasteiger charge is 2.09. The molecule has 1 rings (SSSR count). The third-order valence-corrected chi connectivity index (χ3v) is 2.40. The van der Waals surface area contributed by atoms with E-state index in [1.165, 1.54) is 0 Å². The number of rotatable bonds is 6. The van der Waals surface area contributed by atoms with E-state index in [1.807, 2.05) is 12.1 Å². The summed E-state index contributed by atoms with van der Waals surface area (Å²) in [5.41, 5.74) is 1.19. The van der Waals surface area contributed by atoms with E-state index >= 15 is 0 Å². The maximum atomic E-state index is 11.8. The Bertz CT molecular complexity index is 457. The van der Waals surface area contributed by atoms with Crippen molar-refractivity contribution in [3.8, 4) is 0 Å². The first kappa shape index (κ1) is 14.3. The summed E-state index contributed by atoms with van der Waals surface area (Å²) in [6.07, 6.45) is 4.39. The Hall–Kier alpha value is -1.81. The van der Waals surface area contributed by atoms with Crippen LogP contribution in [0.25, 0.3) is 6.08 Å². The number of carbonyl (C=O) groups is 2. The minimum absolute atomic E-state index is 0.390. The molecule has 0 atom stereocenters. The highest BCUT2D eigenvalue weighted by molar-refractivity contribution is 6.17. The Morgan fingerprint density at radius 3 is 2.72 bits per heavy atom. The fraction of sp³-hybridized carbons (Fsp3) is 0.231. The maximum Gasteiger partial charge on any atom is 0.322 e. The SMILES string of the molecule is O=C(O)CNC(=O)c1ccccc1C=CCCCl. The number of halogens is 1. The smallest absolute Gasteiger partial charge is 0.322 e. The lowest BCUT2D eigenvalue weighted by Gasteiger charge is -2.05. The summed E-state index contributed by atoms with van der Waals surface area (Å²) in [5.74, 6) is -0.953. The lowest BCUT2D eigenvalue weighted by Crippen LogP contribution is -2.29. The van der Waals surface area contributed by atoms with E-state index in [0.29, 0.717) is 17.9 Å². The number of amides is 1. The van der Waals surface area contributed by atoms with Crippen LogP contribution in [0.15, 0.2) is 30.3 Å². The Morgan fingerprint density at radius 2 is 2.06 bits per heavy atom. The summed E-state index contributed by atoms with van der Waals surface area (Å²) in [4.78, 5) is 22.2. The molecule has 4 nitrogen and oxygen atoms in total. The average Bonchev–Trinajstić information content (AvgIpc) is 2.37. The van der Waals surface area contributed by atoms with Crippen molar-refractivity contribution in [2.45, 2.75) is 6.42 Å². The predicted molar refractivity (Wildman–Crippen MR) is 70.8 cm³/mol. The van der Waals surface area contributed by atoms with Gasteiger partial charge in [-0.15, -0.1) is 11.6 Å². The maximum absolute atomic E-state index is 11.8. The zero-order valence-corrected chi connectivity index (χ0v) is 10.5. The first-order valence-corrected chi connectivity index (χ1v) is 6.00. The molecular formula is C13H14ClNO3. The molecule has 2 N–H and O–H groups in total. The van der Waals surface area contributed by atoms with Crippen LogP contribution in [-0.4, -0.2) is 29.4 Å². The molecule has 5 heteroatoms. The Balaban J connectivity index is 2.80. The van der Waals surface area contributed by atoms with Gasteiger partial charge in [0.1, 0.15) is 6.54 Å². The van der Waals surface area contributed by atoms with Crippen LogP contribution in [0.4, 0.5) is 0 Å². The summed E-state index contributed by atoms with van der Waals surface area (Å²) in [7, 11) is 0. The molecule has 0 bridgehead atoms. The summed E-state index contributed by atoms with van der Waals surface area (Å²) < 4.78 is 0. The van der Waals surface area contributed by atoms with Gasteiger partial charge in [0.25, 0.3) is 5.91 Å². The van der Waals surface area contributed by atoms with E-state index < -0.39 is 18.4 Å². The monoisotopic (exact) mass is 267 g/mol. The molecule has 1 aromatic carbocycles. The van der Waals surface area contributed by atoms with Gasteiger partial charge in [-0.05, 0) is 18.1 Å². The van der Waals surface area contributed by atoms with Crippen molar-refractivity contribution in [2.24, 2.45) is 0 Å². The van der Waals surface area contributed by atoms with E-state index in [2.05, 4.69) is 5.32 Å². The highest BCUT2D eigenvalue weighted by Crippen LogP contribution is 2.11. The van der Waals surface area contributed by atoms with Gasteiger partial charge in [0.2, 0.25) is 0 Å². The van der Waals surface area contributed by atoms with Crippen LogP contribution < -0.4 is 5.32 Å². The largest absolute Gasteiger partial charge is 0.480 e. The summed E-state index contributed by atoms with van der Waals surface area (Å²) in [6.45, 7) is -0.390. The van der Waals surface area contributed by atoms with Gasteiger partial charge >= 0.3 is 5.97 Å². The number of aliphatic carboxylic acids is 1. The second-order valence-corrected chi connectivity index (χ2v) is 3.92. The third kappa shape index (κ3) is 4.59. The summed E-state index contributed by atoms with van der Waals surface area (Å²) in [6, 6.07) is 6.99. The van der Waals surface area contributed by atoms with Gasteiger partial charge in [-0.1, -0.05) is 30.4 Å². The zero-order valence-electron chi connectivity index (χ0n) is 9.73. The standard InChI is InChI=1S/C13H14ClNO3/c14-8-4-3-6-10-5-1-2-7-11(10)13(18)15-9-12(16)17/h1-3,5-7H,4,8-9H2,(H,15,18)(H,16,17). The van der Waals surface area contributed by atoms with E-state index in [4.69, 9.17) is 16.7 Å². The summed E-state index contributed by atoms with van der Waals surface area (Å²) in [5, 5.41) is 10.8. The molecule has 0 aliphatic rings. The fourth-order valence-electron chi connectivity index (χ4n) is 1.37. The summed E-state index contributed by atoms with van der Waals surface area (Å²) >= 11 is 5.56. The molecule has 1 aromatic rings. The average molecular weight is 268 g/mol. The number of carboxylic acid groups (broad SMARTS) is 1. The van der Waals surface area contributed by atoms with E-state index in [0.717, 1.165) is 5.56 Å². The minimum Gasteiger partial charge on any atom is -0.480 e. The first-order chi connectivity index (χ1) is 8.65. The normalized spacial score (nSPS) is 10.5. The number of hydrogen-bond acceptors (Lipinski definition) is 2. The van der Waals surface area contributed by atoms with Crippen molar-refractivity contribution in [3.05, 3.63) is 41.5 Å². The van der Waals surface area contributed by atoms with Gasteiger partial charge in [0, 0.05) is 11.4 Å². The van der Waals surface area contributed by atoms with Crippen LogP contribution in [-0.2, 0) is 4.79 Å². The number of carbonyl (C=O) groups excluding carboxylic acids is 1. The van der Waals surface area contributed by atoms with Gasteiger partial charge < -0.3 is 10.4 Å². The number of hydrogen-bond donors (Lipinski definition) is 2. The molecule has 0 saturated heterocycles. The molecule has 0 saturated carbocycles. The minimum atomic E-state index is -1.07. The molecule has 0 aliphatic heterocycles. The fourth-order valence-corrected chi connectivity index (χ4v) is 1.50. The topological polar surface area (TPSA) is 66.4 Å². The quantitative estimate of drug-likeness (QED) is 0.776. The molecule has 0 heterocycles. The van der Waals surface area contributed by atoms with Crippen molar-refractivity contribution < 1.29 is 14.7 Å². The van der Waals surface area contributed by atoms with Crippen molar-refractivity contribution in [1.82, 2.24) is 5.32 Å². The molecule has 0 aliphatic carbocycles. The highest BCUT2D eigenvalue weighted by atomic mass is 35.5. The molecule has 0 spiro atoms. The van der Waals surface area contributed by atoms with Gasteiger partial charge in [-0.3, -0.25) is 9.59 Å². The zero-order chi connectivity index (χ0) is 13.4. The van der Waals surface area contributed by atoms with Gasteiger partial charge in [0.15, 0.2) is 0 Å². The van der Waals surface area contributed by atoms with Crippen LogP contribution in [0, 0.1) is 0 Å². The van der Waals surface area contributed by atoms with E-state index in [1.54, 1.807) is 24.3 Å². The van der Waals surface area contributed by atoms with Crippen LogP contribution in [0.1, 0.15) is 22.3 Å². The molecule has 0 unspecified atom stereocenters. The first-order valence-electron chi connectivity index (χ1n) is 5.46. The Morgan fingerprint density at radius 1 is 1.33 bits per heavy atom. The number of benzene rings is 1. The number of carboxylic acids is 1. The molecule has 0 radical (unpaired) electrons. The van der Waals surface area contributed by atoms with Crippen molar-refractivity contribution in [1.29, 1.82) is 0 Å². The van der Waals surface area contributed by atoms with Crippen molar-refractivity contribution >= 4 is 29.6 Å². The Kier molecular flexibility index (Phi) is 5.94. The molecule has 18 heavy (non-hydrogen) atoms. The molecule has 1 amide bonds. The van der Waals surface area contributed by atoms with Gasteiger partial charge in [-0.25, -0.2) is 0 Å². The molecule has 0 fully saturated rings. The van der Waals surface area contributed by atoms with Crippen LogP contribution in [0.3, 0.4) is 0 Å². The number of allylic oxidation sites excluding steroid dienone is 1. The van der Waals surface area contributed by atoms with Gasteiger partial charge in [0.05, 0.1) is 0 Å². The van der Waals surface area contributed by atoms with Gasteiger partial charge in [-0.2, -0.15) is 0 Å². The molecule has 96 valence electrons. The second kappa shape index (κ2) is 7.50. The Labute approximate surface area is 110 Å². The van der Waals surface area contributed by atoms with E-state index in [-0.39, 0.29) is 0 Å². The van der Waals surface area contributed by atoms with Crippen LogP contribution in [0.5, 0.6) is 0 Å². The number of nitrogens with one attached hydrogen (secondary N) is 1. The van der Waals surface area contributed by atoms with Crippen LogP contribution in [0.2, 0.25) is 0 Å². The third-order valence-electron chi connectivity index (χ3n) is 2.18.